The van der Waals surface area contributed by atoms with Crippen LogP contribution in [0.25, 0.3) is 0 Å². The van der Waals surface area contributed by atoms with Gasteiger partial charge in [0.05, 0.1) is 0 Å². The molecule has 0 radical (unpaired) electrons. The van der Waals surface area contributed by atoms with E-state index in [9.17, 15) is 18.0 Å². The van der Waals surface area contributed by atoms with E-state index in [0.29, 0.717) is 11.3 Å². The molecule has 1 atom stereocenters. The number of amidine groups is 1. The number of benzene rings is 1. The van der Waals surface area contributed by atoms with Crippen molar-refractivity contribution in [1.29, 1.82) is 0 Å². The molecule has 1 aromatic heterocycles. The number of hydrogen-bond donors (Lipinski definition) is 1. The molecule has 0 unspecified atom stereocenters. The molecule has 0 saturated carbocycles. The number of carbonyl (C=O) groups excluding carboxylic acids is 1. The third-order valence-corrected chi connectivity index (χ3v) is 4.04. The molecular formula is C19H17F3N4O. The Kier molecular flexibility index (Phi) is 4.73. The van der Waals surface area contributed by atoms with Gasteiger partial charge in [-0.2, -0.15) is 13.2 Å². The minimum Gasteiger partial charge on any atom is -0.331 e. The molecule has 2 heterocycles. The van der Waals surface area contributed by atoms with E-state index in [2.05, 4.69) is 21.9 Å². The van der Waals surface area contributed by atoms with Crippen molar-refractivity contribution < 1.29 is 18.0 Å². The van der Waals surface area contributed by atoms with Gasteiger partial charge in [-0.15, -0.1) is 6.58 Å². The van der Waals surface area contributed by atoms with Crippen molar-refractivity contribution in [3.63, 3.8) is 0 Å². The molecule has 5 nitrogen and oxygen atoms in total. The van der Waals surface area contributed by atoms with Crippen molar-refractivity contribution in [1.82, 2.24) is 9.88 Å². The van der Waals surface area contributed by atoms with Crippen LogP contribution in [0, 0.1) is 6.92 Å². The van der Waals surface area contributed by atoms with Crippen molar-refractivity contribution in [2.24, 2.45) is 4.99 Å². The lowest BCUT2D eigenvalue weighted by atomic mass is 10.1. The van der Waals surface area contributed by atoms with E-state index in [1.165, 1.54) is 12.1 Å². The van der Waals surface area contributed by atoms with Crippen LogP contribution in [0.2, 0.25) is 0 Å². The number of aromatic nitrogens is 1. The first kappa shape index (κ1) is 18.6. The van der Waals surface area contributed by atoms with Crippen LogP contribution >= 0.6 is 0 Å². The molecule has 1 aliphatic rings. The second-order valence-corrected chi connectivity index (χ2v) is 6.00. The third kappa shape index (κ3) is 3.30. The summed E-state index contributed by atoms with van der Waals surface area (Å²) in [5, 5.41) is 2.22. The summed E-state index contributed by atoms with van der Waals surface area (Å²) >= 11 is 0. The number of nitrogens with zero attached hydrogens (tertiary/aromatic N) is 3. The van der Waals surface area contributed by atoms with Crippen LogP contribution in [0.4, 0.5) is 19.0 Å². The fraction of sp³-hybridized carbons (Fsp3) is 0.211. The molecule has 27 heavy (non-hydrogen) atoms. The highest BCUT2D eigenvalue weighted by atomic mass is 19.4. The summed E-state index contributed by atoms with van der Waals surface area (Å²) in [6.45, 7) is 5.07. The maximum atomic E-state index is 14.1. The van der Waals surface area contributed by atoms with Gasteiger partial charge in [-0.25, -0.2) is 9.98 Å². The highest BCUT2D eigenvalue weighted by Gasteiger charge is 2.66. The highest BCUT2D eigenvalue weighted by molar-refractivity contribution is 6.16. The zero-order valence-corrected chi connectivity index (χ0v) is 14.5. The Morgan fingerprint density at radius 3 is 2.48 bits per heavy atom. The first-order chi connectivity index (χ1) is 12.8. The van der Waals surface area contributed by atoms with E-state index < -0.39 is 17.7 Å². The van der Waals surface area contributed by atoms with Crippen LogP contribution in [0.5, 0.6) is 0 Å². The Hall–Kier alpha value is -3.16. The normalized spacial score (nSPS) is 19.8. The molecule has 140 valence electrons. The molecular weight excluding hydrogens is 357 g/mol. The molecule has 0 fully saturated rings. The van der Waals surface area contributed by atoms with Gasteiger partial charge in [-0.3, -0.25) is 9.69 Å². The number of carbonyl (C=O) groups is 1. The fourth-order valence-corrected chi connectivity index (χ4v) is 2.80. The second-order valence-electron chi connectivity index (χ2n) is 6.00. The number of aryl methyl sites for hydroxylation is 1. The van der Waals surface area contributed by atoms with Gasteiger partial charge in [0.2, 0.25) is 0 Å². The van der Waals surface area contributed by atoms with Crippen LogP contribution < -0.4 is 5.32 Å². The van der Waals surface area contributed by atoms with Gasteiger partial charge < -0.3 is 5.32 Å². The van der Waals surface area contributed by atoms with Crippen LogP contribution in [0.3, 0.4) is 0 Å². The van der Waals surface area contributed by atoms with Gasteiger partial charge in [0.15, 0.2) is 0 Å². The Morgan fingerprint density at radius 2 is 1.89 bits per heavy atom. The van der Waals surface area contributed by atoms with Crippen molar-refractivity contribution in [3.8, 4) is 0 Å². The van der Waals surface area contributed by atoms with Crippen molar-refractivity contribution in [2.45, 2.75) is 18.8 Å². The van der Waals surface area contributed by atoms with E-state index in [1.54, 1.807) is 49.4 Å². The Morgan fingerprint density at radius 1 is 1.19 bits per heavy atom. The fourth-order valence-electron chi connectivity index (χ4n) is 2.80. The van der Waals surface area contributed by atoms with Crippen molar-refractivity contribution in [2.75, 3.05) is 11.9 Å². The predicted octanol–water partition coefficient (Wildman–Crippen LogP) is 3.54. The predicted molar refractivity (Wildman–Crippen MR) is 96.3 cm³/mol. The number of rotatable bonds is 5. The summed E-state index contributed by atoms with van der Waals surface area (Å²) in [4.78, 5) is 21.7. The molecule has 0 saturated heterocycles. The van der Waals surface area contributed by atoms with Crippen LogP contribution in [-0.2, 0) is 4.79 Å². The van der Waals surface area contributed by atoms with Gasteiger partial charge in [-0.05, 0) is 19.1 Å². The van der Waals surface area contributed by atoms with E-state index in [4.69, 9.17) is 0 Å². The summed E-state index contributed by atoms with van der Waals surface area (Å²) in [5.74, 6) is -1.38. The number of pyridine rings is 1. The van der Waals surface area contributed by atoms with Crippen molar-refractivity contribution in [3.05, 3.63) is 72.4 Å². The van der Waals surface area contributed by atoms with E-state index in [-0.39, 0.29) is 18.2 Å². The zero-order chi connectivity index (χ0) is 19.7. The number of amides is 1. The van der Waals surface area contributed by atoms with Crippen LogP contribution in [0.15, 0.2) is 66.2 Å². The number of aliphatic imine (C=N–C) groups is 1. The van der Waals surface area contributed by atoms with Crippen molar-refractivity contribution >= 4 is 17.6 Å². The Bertz CT molecular complexity index is 895. The molecule has 2 aromatic rings. The first-order valence-corrected chi connectivity index (χ1v) is 8.15. The van der Waals surface area contributed by atoms with Gasteiger partial charge in [-0.1, -0.05) is 42.5 Å². The lowest BCUT2D eigenvalue weighted by Crippen LogP contribution is -2.58. The zero-order valence-electron chi connectivity index (χ0n) is 14.5. The molecule has 0 spiro atoms. The third-order valence-electron chi connectivity index (χ3n) is 4.04. The molecule has 1 aliphatic heterocycles. The lowest BCUT2D eigenvalue weighted by Gasteiger charge is -2.29. The lowest BCUT2D eigenvalue weighted by molar-refractivity contribution is -0.185. The summed E-state index contributed by atoms with van der Waals surface area (Å²) in [6, 6.07) is 12.8. The monoisotopic (exact) mass is 374 g/mol. The summed E-state index contributed by atoms with van der Waals surface area (Å²) < 4.78 is 42.3. The van der Waals surface area contributed by atoms with E-state index in [1.807, 2.05) is 0 Å². The second kappa shape index (κ2) is 6.86. The summed E-state index contributed by atoms with van der Waals surface area (Å²) in [6.07, 6.45) is -3.63. The molecule has 8 heteroatoms. The standard InChI is InChI=1S/C19H17F3N4O/c1-3-12-26-16(14-9-5-4-6-10-14)25-18(17(26)27,19(20,21)22)24-15-11-7-8-13(2)23-15/h3-11H,1,12H2,2H3,(H,23,24)/t18-/m0/s1. The SMILES string of the molecule is C=CCN1C(=O)[C@@](Nc2cccc(C)n2)(C(F)(F)F)N=C1c1ccccc1. The summed E-state index contributed by atoms with van der Waals surface area (Å²) in [5.41, 5.74) is -2.24. The number of alkyl halides is 3. The minimum absolute atomic E-state index is 0.0713. The van der Waals surface area contributed by atoms with E-state index in [0.717, 1.165) is 4.90 Å². The van der Waals surface area contributed by atoms with Crippen LogP contribution in [0.1, 0.15) is 11.3 Å². The quantitative estimate of drug-likeness (QED) is 0.815. The number of nitrogens with one attached hydrogen (secondary N) is 1. The maximum absolute atomic E-state index is 14.1. The van der Waals surface area contributed by atoms with E-state index >= 15 is 0 Å². The van der Waals surface area contributed by atoms with Gasteiger partial charge in [0.25, 0.3) is 5.91 Å². The molecule has 1 N–H and O–H groups in total. The highest BCUT2D eigenvalue weighted by Crippen LogP contribution is 2.40. The topological polar surface area (TPSA) is 57.6 Å². The molecule has 0 bridgehead atoms. The first-order valence-electron chi connectivity index (χ1n) is 8.15. The number of anilines is 1. The Labute approximate surface area is 154 Å². The van der Waals surface area contributed by atoms with Gasteiger partial charge >= 0.3 is 11.8 Å². The molecule has 3 rings (SSSR count). The molecule has 1 amide bonds. The average molecular weight is 374 g/mol. The van der Waals surface area contributed by atoms with Gasteiger partial charge in [0.1, 0.15) is 11.7 Å². The molecule has 0 aliphatic carbocycles. The Balaban J connectivity index is 2.15. The van der Waals surface area contributed by atoms with Gasteiger partial charge in [0, 0.05) is 17.8 Å². The smallest absolute Gasteiger partial charge is 0.331 e. The summed E-state index contributed by atoms with van der Waals surface area (Å²) in [7, 11) is 0. The largest absolute Gasteiger partial charge is 0.442 e. The maximum Gasteiger partial charge on any atom is 0.442 e. The number of hydrogen-bond acceptors (Lipinski definition) is 4. The average Bonchev–Trinajstić information content (AvgIpc) is 2.90. The minimum atomic E-state index is -4.98. The van der Waals surface area contributed by atoms with Crippen LogP contribution in [-0.4, -0.2) is 40.0 Å². The number of halogens is 3. The molecule has 1 aromatic carbocycles.